The molecule has 1 aromatic carbocycles. The first-order valence-corrected chi connectivity index (χ1v) is 6.20. The Labute approximate surface area is 109 Å². The highest BCUT2D eigenvalue weighted by molar-refractivity contribution is 5.95. The maximum absolute atomic E-state index is 12.0. The molecule has 18 heavy (non-hydrogen) atoms. The highest BCUT2D eigenvalue weighted by Gasteiger charge is 2.18. The Bertz CT molecular complexity index is 486. The van der Waals surface area contributed by atoms with E-state index < -0.39 is 5.92 Å². The molecule has 0 aliphatic rings. The van der Waals surface area contributed by atoms with Gasteiger partial charge in [-0.2, -0.15) is 5.26 Å². The first kappa shape index (κ1) is 14.2. The minimum absolute atomic E-state index is 0.212. The van der Waals surface area contributed by atoms with Gasteiger partial charge in [0.15, 0.2) is 0 Å². The van der Waals surface area contributed by atoms with Crippen LogP contribution >= 0.6 is 0 Å². The summed E-state index contributed by atoms with van der Waals surface area (Å²) in [6.45, 7) is 9.88. The molecule has 1 rings (SSSR count). The van der Waals surface area contributed by atoms with Crippen molar-refractivity contribution in [2.75, 3.05) is 5.32 Å². The Balaban J connectivity index is 3.13. The summed E-state index contributed by atoms with van der Waals surface area (Å²) in [7, 11) is 0. The zero-order valence-electron chi connectivity index (χ0n) is 11.7. The normalized spacial score (nSPS) is 11.8. The number of nitrogens with one attached hydrogen (secondary N) is 1. The highest BCUT2D eigenvalue weighted by atomic mass is 16.1. The van der Waals surface area contributed by atoms with Crippen molar-refractivity contribution in [1.82, 2.24) is 0 Å². The number of rotatable bonds is 3. The van der Waals surface area contributed by atoms with Crippen LogP contribution in [-0.4, -0.2) is 5.91 Å². The molecule has 0 fully saturated rings. The number of benzene rings is 1. The lowest BCUT2D eigenvalue weighted by molar-refractivity contribution is -0.118. The van der Waals surface area contributed by atoms with Crippen molar-refractivity contribution in [2.45, 2.75) is 41.0 Å². The summed E-state index contributed by atoms with van der Waals surface area (Å²) in [5, 5.41) is 11.8. The third kappa shape index (κ3) is 2.70. The number of anilines is 1. The van der Waals surface area contributed by atoms with Crippen molar-refractivity contribution in [3.8, 4) is 6.07 Å². The number of nitrogens with zero attached hydrogens (tertiary/aromatic N) is 1. The fraction of sp³-hybridized carbons (Fsp3) is 0.467. The van der Waals surface area contributed by atoms with Gasteiger partial charge in [0.2, 0.25) is 5.91 Å². The number of amides is 1. The van der Waals surface area contributed by atoms with Crippen LogP contribution in [0.5, 0.6) is 0 Å². The van der Waals surface area contributed by atoms with E-state index in [0.29, 0.717) is 6.42 Å². The maximum atomic E-state index is 12.0. The molecule has 0 aromatic heterocycles. The highest BCUT2D eigenvalue weighted by Crippen LogP contribution is 2.27. The molecule has 3 nitrogen and oxygen atoms in total. The molecule has 0 bridgehead atoms. The summed E-state index contributed by atoms with van der Waals surface area (Å²) < 4.78 is 0. The van der Waals surface area contributed by atoms with E-state index in [1.165, 1.54) is 0 Å². The summed E-state index contributed by atoms with van der Waals surface area (Å²) in [4.78, 5) is 12.0. The van der Waals surface area contributed by atoms with Crippen LogP contribution in [-0.2, 0) is 4.79 Å². The summed E-state index contributed by atoms with van der Waals surface area (Å²) in [5.41, 5.74) is 5.29. The van der Waals surface area contributed by atoms with Gasteiger partial charge >= 0.3 is 0 Å². The predicted molar refractivity (Wildman–Crippen MR) is 73.4 cm³/mol. The van der Waals surface area contributed by atoms with Crippen molar-refractivity contribution in [1.29, 1.82) is 5.26 Å². The van der Waals surface area contributed by atoms with Crippen LogP contribution in [0.25, 0.3) is 0 Å². The molecule has 0 aliphatic carbocycles. The molecule has 3 heteroatoms. The van der Waals surface area contributed by atoms with Crippen molar-refractivity contribution in [3.63, 3.8) is 0 Å². The number of carbonyl (C=O) groups excluding carboxylic acids is 1. The second-order valence-corrected chi connectivity index (χ2v) is 4.71. The molecule has 1 N–H and O–H groups in total. The monoisotopic (exact) mass is 244 g/mol. The minimum atomic E-state index is -0.579. The second-order valence-electron chi connectivity index (χ2n) is 4.71. The Kier molecular flexibility index (Phi) is 4.49. The van der Waals surface area contributed by atoms with Gasteiger partial charge < -0.3 is 5.32 Å². The average molecular weight is 244 g/mol. The van der Waals surface area contributed by atoms with Gasteiger partial charge in [-0.3, -0.25) is 4.79 Å². The zero-order chi connectivity index (χ0) is 13.9. The standard InChI is InChI=1S/C15H20N2O/c1-6-13(8-16)15(18)17-14-11(4)9(2)7-10(3)12(14)5/h7,13H,6H2,1-5H3,(H,17,18). The van der Waals surface area contributed by atoms with Crippen LogP contribution in [0.4, 0.5) is 5.69 Å². The summed E-state index contributed by atoms with van der Waals surface area (Å²) in [6, 6.07) is 4.14. The van der Waals surface area contributed by atoms with E-state index in [0.717, 1.165) is 27.9 Å². The Morgan fingerprint density at radius 2 is 1.78 bits per heavy atom. The van der Waals surface area contributed by atoms with Gasteiger partial charge in [0.05, 0.1) is 6.07 Å². The van der Waals surface area contributed by atoms with Gasteiger partial charge in [0, 0.05) is 5.69 Å². The fourth-order valence-electron chi connectivity index (χ4n) is 1.95. The molecule has 0 saturated heterocycles. The topological polar surface area (TPSA) is 52.9 Å². The molecule has 0 saturated carbocycles. The van der Waals surface area contributed by atoms with Crippen molar-refractivity contribution >= 4 is 11.6 Å². The predicted octanol–water partition coefficient (Wildman–Crippen LogP) is 3.41. The molecule has 0 aliphatic heterocycles. The van der Waals surface area contributed by atoms with Crippen molar-refractivity contribution in [2.24, 2.45) is 5.92 Å². The van der Waals surface area contributed by atoms with Crippen LogP contribution in [0.2, 0.25) is 0 Å². The van der Waals surface area contributed by atoms with E-state index >= 15 is 0 Å². The number of hydrogen-bond acceptors (Lipinski definition) is 2. The number of nitriles is 1. The van der Waals surface area contributed by atoms with E-state index in [4.69, 9.17) is 5.26 Å². The van der Waals surface area contributed by atoms with Crippen molar-refractivity contribution < 1.29 is 4.79 Å². The van der Waals surface area contributed by atoms with Gasteiger partial charge in [-0.1, -0.05) is 13.0 Å². The average Bonchev–Trinajstić information content (AvgIpc) is 2.33. The lowest BCUT2D eigenvalue weighted by Gasteiger charge is -2.17. The molecular formula is C15H20N2O. The molecule has 0 radical (unpaired) electrons. The smallest absolute Gasteiger partial charge is 0.241 e. The van der Waals surface area contributed by atoms with Gasteiger partial charge in [-0.25, -0.2) is 0 Å². The van der Waals surface area contributed by atoms with E-state index in [1.807, 2.05) is 40.7 Å². The Morgan fingerprint density at radius 1 is 1.28 bits per heavy atom. The fourth-order valence-corrected chi connectivity index (χ4v) is 1.95. The third-order valence-corrected chi connectivity index (χ3v) is 3.49. The first-order valence-electron chi connectivity index (χ1n) is 6.20. The molecule has 1 aromatic rings. The van der Waals surface area contributed by atoms with E-state index in [-0.39, 0.29) is 5.91 Å². The SMILES string of the molecule is CCC(C#N)C(=O)Nc1c(C)c(C)cc(C)c1C. The molecule has 0 spiro atoms. The molecule has 1 atom stereocenters. The van der Waals surface area contributed by atoms with Gasteiger partial charge in [0.25, 0.3) is 0 Å². The lowest BCUT2D eigenvalue weighted by atomic mass is 9.98. The third-order valence-electron chi connectivity index (χ3n) is 3.49. The molecular weight excluding hydrogens is 224 g/mol. The largest absolute Gasteiger partial charge is 0.324 e. The number of carbonyl (C=O) groups is 1. The first-order chi connectivity index (χ1) is 8.42. The maximum Gasteiger partial charge on any atom is 0.241 e. The molecule has 0 heterocycles. The van der Waals surface area contributed by atoms with Crippen molar-refractivity contribution in [3.05, 3.63) is 28.3 Å². The lowest BCUT2D eigenvalue weighted by Crippen LogP contribution is -2.22. The Hall–Kier alpha value is -1.82. The van der Waals surface area contributed by atoms with E-state index in [2.05, 4.69) is 11.4 Å². The van der Waals surface area contributed by atoms with E-state index in [1.54, 1.807) is 0 Å². The number of hydrogen-bond donors (Lipinski definition) is 1. The van der Waals surface area contributed by atoms with Crippen LogP contribution in [0.3, 0.4) is 0 Å². The minimum Gasteiger partial charge on any atom is -0.324 e. The van der Waals surface area contributed by atoms with Crippen LogP contribution < -0.4 is 5.32 Å². The van der Waals surface area contributed by atoms with Crippen LogP contribution in [0, 0.1) is 44.9 Å². The second kappa shape index (κ2) is 5.68. The van der Waals surface area contributed by atoms with E-state index in [9.17, 15) is 4.79 Å². The molecule has 1 amide bonds. The summed E-state index contributed by atoms with van der Waals surface area (Å²) in [6.07, 6.45) is 0.533. The summed E-state index contributed by atoms with van der Waals surface area (Å²) in [5.74, 6) is -0.791. The quantitative estimate of drug-likeness (QED) is 0.885. The molecule has 1 unspecified atom stereocenters. The van der Waals surface area contributed by atoms with Gasteiger partial charge in [-0.15, -0.1) is 0 Å². The number of aryl methyl sites for hydroxylation is 2. The Morgan fingerprint density at radius 3 is 2.17 bits per heavy atom. The van der Waals surface area contributed by atoms with Crippen LogP contribution in [0.1, 0.15) is 35.6 Å². The molecule has 96 valence electrons. The van der Waals surface area contributed by atoms with Gasteiger partial charge in [-0.05, 0) is 56.4 Å². The summed E-state index contributed by atoms with van der Waals surface area (Å²) >= 11 is 0. The van der Waals surface area contributed by atoms with Crippen LogP contribution in [0.15, 0.2) is 6.07 Å². The van der Waals surface area contributed by atoms with Gasteiger partial charge in [0.1, 0.15) is 5.92 Å². The zero-order valence-corrected chi connectivity index (χ0v) is 11.7.